The second-order valence-electron chi connectivity index (χ2n) is 5.17. The van der Waals surface area contributed by atoms with E-state index < -0.39 is 0 Å². The van der Waals surface area contributed by atoms with E-state index in [4.69, 9.17) is 10.00 Å². The Hall–Kier alpha value is -2.31. The number of benzene rings is 2. The standard InChI is InChI=1S/C18H20N2O/c1-15-7-9-18(10-8-15)21-12-11-20(2)14-17-6-4-3-5-16(17)13-19/h3-10H,11-12,14H2,1-2H3. The molecule has 0 spiro atoms. The van der Waals surface area contributed by atoms with Gasteiger partial charge in [-0.1, -0.05) is 35.9 Å². The Balaban J connectivity index is 1.81. The SMILES string of the molecule is Cc1ccc(OCCN(C)Cc2ccccc2C#N)cc1. The highest BCUT2D eigenvalue weighted by molar-refractivity contribution is 5.37. The quantitative estimate of drug-likeness (QED) is 0.814. The van der Waals surface area contributed by atoms with E-state index in [2.05, 4.69) is 17.9 Å². The average molecular weight is 280 g/mol. The van der Waals surface area contributed by atoms with E-state index in [1.54, 1.807) is 0 Å². The monoisotopic (exact) mass is 280 g/mol. The lowest BCUT2D eigenvalue weighted by Crippen LogP contribution is -2.24. The molecule has 0 saturated heterocycles. The predicted molar refractivity (Wildman–Crippen MR) is 84.2 cm³/mol. The summed E-state index contributed by atoms with van der Waals surface area (Å²) in [6.07, 6.45) is 0. The van der Waals surface area contributed by atoms with Crippen molar-refractivity contribution in [1.82, 2.24) is 4.90 Å². The van der Waals surface area contributed by atoms with E-state index in [9.17, 15) is 0 Å². The molecule has 2 aromatic rings. The molecular formula is C18H20N2O. The van der Waals surface area contributed by atoms with Gasteiger partial charge in [-0.3, -0.25) is 4.90 Å². The molecule has 0 saturated carbocycles. The summed E-state index contributed by atoms with van der Waals surface area (Å²) in [4.78, 5) is 2.16. The van der Waals surface area contributed by atoms with Crippen LogP contribution in [0.4, 0.5) is 0 Å². The molecule has 2 rings (SSSR count). The third-order valence-electron chi connectivity index (χ3n) is 3.34. The second kappa shape index (κ2) is 7.47. The summed E-state index contributed by atoms with van der Waals surface area (Å²) in [5, 5.41) is 9.09. The average Bonchev–Trinajstić information content (AvgIpc) is 2.50. The maximum absolute atomic E-state index is 9.09. The van der Waals surface area contributed by atoms with Gasteiger partial charge in [0.1, 0.15) is 12.4 Å². The van der Waals surface area contributed by atoms with Crippen LogP contribution in [-0.4, -0.2) is 25.1 Å². The molecule has 0 aliphatic rings. The molecule has 108 valence electrons. The van der Waals surface area contributed by atoms with E-state index in [0.29, 0.717) is 6.61 Å². The Morgan fingerprint density at radius 3 is 2.52 bits per heavy atom. The van der Waals surface area contributed by atoms with Crippen molar-refractivity contribution in [3.63, 3.8) is 0 Å². The van der Waals surface area contributed by atoms with Crippen molar-refractivity contribution >= 4 is 0 Å². The Morgan fingerprint density at radius 1 is 1.10 bits per heavy atom. The summed E-state index contributed by atoms with van der Waals surface area (Å²) >= 11 is 0. The molecule has 0 unspecified atom stereocenters. The lowest BCUT2D eigenvalue weighted by molar-refractivity contribution is 0.232. The highest BCUT2D eigenvalue weighted by Gasteiger charge is 2.05. The molecule has 0 atom stereocenters. The molecule has 2 aromatic carbocycles. The van der Waals surface area contributed by atoms with Gasteiger partial charge in [0.2, 0.25) is 0 Å². The van der Waals surface area contributed by atoms with Crippen molar-refractivity contribution in [1.29, 1.82) is 5.26 Å². The predicted octanol–water partition coefficient (Wildman–Crippen LogP) is 3.38. The first-order chi connectivity index (χ1) is 10.2. The zero-order valence-electron chi connectivity index (χ0n) is 12.5. The molecule has 0 N–H and O–H groups in total. The van der Waals surface area contributed by atoms with Gasteiger partial charge in [0, 0.05) is 13.1 Å². The molecule has 21 heavy (non-hydrogen) atoms. The van der Waals surface area contributed by atoms with Crippen LogP contribution in [0.2, 0.25) is 0 Å². The van der Waals surface area contributed by atoms with Gasteiger partial charge in [-0.25, -0.2) is 0 Å². The van der Waals surface area contributed by atoms with Crippen molar-refractivity contribution in [3.05, 3.63) is 65.2 Å². The van der Waals surface area contributed by atoms with Crippen molar-refractivity contribution in [3.8, 4) is 11.8 Å². The van der Waals surface area contributed by atoms with Crippen LogP contribution >= 0.6 is 0 Å². The number of aryl methyl sites for hydroxylation is 1. The number of nitriles is 1. The summed E-state index contributed by atoms with van der Waals surface area (Å²) in [5.74, 6) is 0.895. The highest BCUT2D eigenvalue weighted by atomic mass is 16.5. The minimum Gasteiger partial charge on any atom is -0.492 e. The van der Waals surface area contributed by atoms with Crippen LogP contribution < -0.4 is 4.74 Å². The lowest BCUT2D eigenvalue weighted by atomic mass is 10.1. The number of ether oxygens (including phenoxy) is 1. The Bertz CT molecular complexity index is 614. The first kappa shape index (κ1) is 15.1. The van der Waals surface area contributed by atoms with E-state index in [-0.39, 0.29) is 0 Å². The lowest BCUT2D eigenvalue weighted by Gasteiger charge is -2.17. The molecule has 3 heteroatoms. The highest BCUT2D eigenvalue weighted by Crippen LogP contribution is 2.12. The smallest absolute Gasteiger partial charge is 0.119 e. The zero-order chi connectivity index (χ0) is 15.1. The Labute approximate surface area is 126 Å². The first-order valence-corrected chi connectivity index (χ1v) is 7.05. The fourth-order valence-electron chi connectivity index (χ4n) is 2.09. The van der Waals surface area contributed by atoms with E-state index in [0.717, 1.165) is 30.0 Å². The van der Waals surface area contributed by atoms with Crippen LogP contribution in [-0.2, 0) is 6.54 Å². The summed E-state index contributed by atoms with van der Waals surface area (Å²) in [5.41, 5.74) is 3.02. The van der Waals surface area contributed by atoms with Crippen LogP contribution in [0.3, 0.4) is 0 Å². The van der Waals surface area contributed by atoms with Crippen molar-refractivity contribution in [2.75, 3.05) is 20.2 Å². The summed E-state index contributed by atoms with van der Waals surface area (Å²) in [6.45, 7) is 4.26. The van der Waals surface area contributed by atoms with Crippen molar-refractivity contribution < 1.29 is 4.74 Å². The maximum Gasteiger partial charge on any atom is 0.119 e. The second-order valence-corrected chi connectivity index (χ2v) is 5.17. The number of nitrogens with zero attached hydrogens (tertiary/aromatic N) is 2. The molecule has 0 amide bonds. The van der Waals surface area contributed by atoms with Crippen LogP contribution in [0.5, 0.6) is 5.75 Å². The zero-order valence-corrected chi connectivity index (χ0v) is 12.5. The minimum absolute atomic E-state index is 0.633. The van der Waals surface area contributed by atoms with Crippen LogP contribution in [0.25, 0.3) is 0 Å². The maximum atomic E-state index is 9.09. The number of hydrogen-bond donors (Lipinski definition) is 0. The van der Waals surface area contributed by atoms with Crippen LogP contribution in [0.15, 0.2) is 48.5 Å². The van der Waals surface area contributed by atoms with Gasteiger partial charge in [-0.05, 0) is 37.7 Å². The first-order valence-electron chi connectivity index (χ1n) is 7.05. The topological polar surface area (TPSA) is 36.3 Å². The normalized spacial score (nSPS) is 10.4. The van der Waals surface area contributed by atoms with Gasteiger partial charge in [0.25, 0.3) is 0 Å². The molecule has 0 radical (unpaired) electrons. The van der Waals surface area contributed by atoms with E-state index in [1.807, 2.05) is 55.6 Å². The summed E-state index contributed by atoms with van der Waals surface area (Å²) in [7, 11) is 2.03. The van der Waals surface area contributed by atoms with Crippen LogP contribution in [0, 0.1) is 18.3 Å². The number of rotatable bonds is 6. The fourth-order valence-corrected chi connectivity index (χ4v) is 2.09. The van der Waals surface area contributed by atoms with Gasteiger partial charge < -0.3 is 4.74 Å². The summed E-state index contributed by atoms with van der Waals surface area (Å²) in [6, 6.07) is 18.0. The Morgan fingerprint density at radius 2 is 1.81 bits per heavy atom. The minimum atomic E-state index is 0.633. The molecule has 0 aliphatic heterocycles. The molecule has 0 aliphatic carbocycles. The van der Waals surface area contributed by atoms with E-state index in [1.165, 1.54) is 5.56 Å². The van der Waals surface area contributed by atoms with Gasteiger partial charge in [0.05, 0.1) is 11.6 Å². The van der Waals surface area contributed by atoms with Gasteiger partial charge in [-0.15, -0.1) is 0 Å². The molecule has 0 fully saturated rings. The van der Waals surface area contributed by atoms with Crippen LogP contribution in [0.1, 0.15) is 16.7 Å². The molecule has 0 heterocycles. The van der Waals surface area contributed by atoms with E-state index >= 15 is 0 Å². The third-order valence-corrected chi connectivity index (χ3v) is 3.34. The summed E-state index contributed by atoms with van der Waals surface area (Å²) < 4.78 is 5.72. The molecular weight excluding hydrogens is 260 g/mol. The fraction of sp³-hybridized carbons (Fsp3) is 0.278. The molecule has 0 bridgehead atoms. The van der Waals surface area contributed by atoms with Gasteiger partial charge in [0.15, 0.2) is 0 Å². The largest absolute Gasteiger partial charge is 0.492 e. The van der Waals surface area contributed by atoms with Gasteiger partial charge in [-0.2, -0.15) is 5.26 Å². The van der Waals surface area contributed by atoms with Crippen molar-refractivity contribution in [2.45, 2.75) is 13.5 Å². The Kier molecular flexibility index (Phi) is 5.36. The van der Waals surface area contributed by atoms with Crippen molar-refractivity contribution in [2.24, 2.45) is 0 Å². The number of hydrogen-bond acceptors (Lipinski definition) is 3. The number of likely N-dealkylation sites (N-methyl/N-ethyl adjacent to an activating group) is 1. The third kappa shape index (κ3) is 4.62. The molecule has 3 nitrogen and oxygen atoms in total. The van der Waals surface area contributed by atoms with Gasteiger partial charge >= 0.3 is 0 Å². The molecule has 0 aromatic heterocycles.